The normalized spacial score (nSPS) is 35.2. The number of anilines is 2. The van der Waals surface area contributed by atoms with Crippen molar-refractivity contribution >= 4 is 78.3 Å². The second-order valence-electron chi connectivity index (χ2n) is 29.9. The van der Waals surface area contributed by atoms with Crippen LogP contribution in [0.25, 0.3) is 0 Å². The maximum atomic E-state index is 13.5. The molecule has 4 amide bonds. The third-order valence-electron chi connectivity index (χ3n) is 23.8. The van der Waals surface area contributed by atoms with Gasteiger partial charge in [-0.1, -0.05) is 73.5 Å². The topological polar surface area (TPSA) is 251 Å². The zero-order valence-corrected chi connectivity index (χ0v) is 59.9. The van der Waals surface area contributed by atoms with Crippen molar-refractivity contribution in [1.29, 1.82) is 0 Å². The Kier molecular flexibility index (Phi) is 19.5. The van der Waals surface area contributed by atoms with Gasteiger partial charge < -0.3 is 48.8 Å². The van der Waals surface area contributed by atoms with Crippen LogP contribution >= 0.6 is 23.2 Å². The number of benzene rings is 4. The number of carbonyl (C=O) groups excluding carboxylic acids is 4. The van der Waals surface area contributed by atoms with Crippen molar-refractivity contribution in [2.45, 2.75) is 149 Å². The average Bonchev–Trinajstić information content (AvgIpc) is 1.03. The molecule has 14 rings (SSSR count). The molecule has 6 heterocycles. The van der Waals surface area contributed by atoms with E-state index in [-0.39, 0.29) is 69.3 Å². The van der Waals surface area contributed by atoms with Crippen LogP contribution in [-0.2, 0) is 62.8 Å². The zero-order valence-electron chi connectivity index (χ0n) is 56.7. The SMILES string of the molecule is C[C@@H]1[C@@H](C)C/C=C/[C@@](O)([C@@H]2OCCN(C)C2=O)[C@@H]2CC[C@H]2CN2C[C@@]3(CCCc4cc(Cl)ccc43)COc3ccc(cc32)C(=O)NS1(=O)=O.C[C@@H]1[C@@H](C)C/C=C/[C@@](O)([C@H]2OCCN(C)C2=O)[C@@H]2CC[C@H]2CN2C[C@@]3(CCCc4cc(Cl)ccc43)COc3ccc(cc32)C(=O)NS1(=O)=O. The van der Waals surface area contributed by atoms with Gasteiger partial charge in [0.05, 0.1) is 48.3 Å². The van der Waals surface area contributed by atoms with Gasteiger partial charge in [0, 0.05) is 85.4 Å². The van der Waals surface area contributed by atoms with Crippen LogP contribution in [0.4, 0.5) is 11.4 Å². The molecule has 0 aromatic heterocycles. The fraction of sp³-hybridized carbons (Fsp3) is 0.568. The molecule has 4 aromatic rings. The van der Waals surface area contributed by atoms with Crippen LogP contribution in [0.5, 0.6) is 11.5 Å². The van der Waals surface area contributed by atoms with Gasteiger partial charge in [0.15, 0.2) is 12.2 Å². The zero-order chi connectivity index (χ0) is 69.4. The highest BCUT2D eigenvalue weighted by atomic mass is 35.5. The molecule has 20 nitrogen and oxygen atoms in total. The number of ether oxygens (including phenoxy) is 4. The van der Waals surface area contributed by atoms with E-state index in [1.54, 1.807) is 112 Å². The molecule has 0 unspecified atom stereocenters. The number of nitrogens with one attached hydrogen (secondary N) is 2. The number of fused-ring (bicyclic) bond motifs is 8. The van der Waals surface area contributed by atoms with Gasteiger partial charge in [-0.25, -0.2) is 26.3 Å². The van der Waals surface area contributed by atoms with Crippen molar-refractivity contribution in [1.82, 2.24) is 19.2 Å². The van der Waals surface area contributed by atoms with Crippen molar-refractivity contribution in [3.8, 4) is 11.5 Å². The minimum Gasteiger partial charge on any atom is -0.490 e. The number of nitrogens with zero attached hydrogens (tertiary/aromatic N) is 4. The van der Waals surface area contributed by atoms with Gasteiger partial charge in [-0.2, -0.15) is 0 Å². The summed E-state index contributed by atoms with van der Waals surface area (Å²) in [5.74, 6) is -2.04. The smallest absolute Gasteiger partial charge is 0.264 e. The number of carbonyl (C=O) groups is 4. The largest absolute Gasteiger partial charge is 0.490 e. The maximum Gasteiger partial charge on any atom is 0.264 e. The summed E-state index contributed by atoms with van der Waals surface area (Å²) in [4.78, 5) is 61.8. The lowest BCUT2D eigenvalue weighted by Crippen LogP contribution is -2.63. The Hall–Kier alpha value is -6.24. The highest BCUT2D eigenvalue weighted by molar-refractivity contribution is 7.91. The van der Waals surface area contributed by atoms with E-state index in [2.05, 4.69) is 31.4 Å². The summed E-state index contributed by atoms with van der Waals surface area (Å²) < 4.78 is 83.7. The van der Waals surface area contributed by atoms with Gasteiger partial charge in [0.1, 0.15) is 22.7 Å². The molecule has 98 heavy (non-hydrogen) atoms. The molecule has 2 saturated heterocycles. The number of allylic oxidation sites excluding steroid dienone is 2. The minimum atomic E-state index is -4.05. The first kappa shape index (κ1) is 70.2. The van der Waals surface area contributed by atoms with Crippen molar-refractivity contribution in [3.63, 3.8) is 0 Å². The van der Waals surface area contributed by atoms with Gasteiger partial charge in [0.25, 0.3) is 23.6 Å². The summed E-state index contributed by atoms with van der Waals surface area (Å²) >= 11 is 12.9. The molecule has 528 valence electrons. The van der Waals surface area contributed by atoms with Crippen molar-refractivity contribution in [2.24, 2.45) is 35.5 Å². The molecule has 2 spiro atoms. The predicted octanol–water partition coefficient (Wildman–Crippen LogP) is 8.94. The van der Waals surface area contributed by atoms with Crippen LogP contribution in [0.1, 0.15) is 135 Å². The van der Waals surface area contributed by atoms with E-state index in [4.69, 9.17) is 42.1 Å². The molecule has 14 atom stereocenters. The van der Waals surface area contributed by atoms with Crippen molar-refractivity contribution in [2.75, 3.05) is 89.6 Å². The van der Waals surface area contributed by atoms with Crippen LogP contribution in [0.15, 0.2) is 97.1 Å². The van der Waals surface area contributed by atoms with E-state index in [9.17, 15) is 46.2 Å². The number of aryl methyl sites for hydroxylation is 2. The standard InChI is InChI=1S/2C37H46ClN3O7S/c2*1-23-6-4-15-37(44,33-35(43)40(3)16-17-47-33)30-11-8-27(30)20-41-21-36(14-5-7-25-18-28(38)10-12-29(25)36)22-48-32-13-9-26(19-31(32)41)34(42)39-49(45,46)24(23)2/h2*4,9-10,12-13,15,18-19,23-24,27,30,33,44H,5-8,11,14,16-17,20-22H2,1-3H3,(H,39,42)/b2*15-4+/t23-,24+,27-,30+,33+,36-,37-;23-,24+,27-,30+,33-,36-,37-/m00/s1. The summed E-state index contributed by atoms with van der Waals surface area (Å²) in [7, 11) is -4.65. The van der Waals surface area contributed by atoms with Crippen LogP contribution < -0.4 is 28.7 Å². The fourth-order valence-electron chi connectivity index (χ4n) is 17.2. The summed E-state index contributed by atoms with van der Waals surface area (Å²) in [6.07, 6.45) is 14.1. The Morgan fingerprint density at radius 1 is 0.551 bits per heavy atom. The summed E-state index contributed by atoms with van der Waals surface area (Å²) in [5.41, 5.74) is 2.72. The Bertz CT molecular complexity index is 3830. The Labute approximate surface area is 585 Å². The first-order valence-electron chi connectivity index (χ1n) is 34.9. The lowest BCUT2D eigenvalue weighted by atomic mass is 9.62. The number of amides is 4. The quantitative estimate of drug-likeness (QED) is 0.137. The lowest BCUT2D eigenvalue weighted by molar-refractivity contribution is -0.186. The molecule has 0 radical (unpaired) electrons. The fourth-order valence-corrected chi connectivity index (χ4v) is 20.2. The number of likely N-dealkylation sites (N-methyl/N-ethyl adjacent to an activating group) is 2. The number of hydrogen-bond acceptors (Lipinski definition) is 16. The molecule has 4 N–H and O–H groups in total. The van der Waals surface area contributed by atoms with Crippen LogP contribution in [-0.4, -0.2) is 174 Å². The lowest BCUT2D eigenvalue weighted by Gasteiger charge is -2.51. The monoisotopic (exact) mass is 1420 g/mol. The second kappa shape index (κ2) is 27.3. The Balaban J connectivity index is 0.000000176. The van der Waals surface area contributed by atoms with Gasteiger partial charge in [-0.15, -0.1) is 0 Å². The third kappa shape index (κ3) is 13.2. The van der Waals surface area contributed by atoms with Crippen LogP contribution in [0.3, 0.4) is 0 Å². The van der Waals surface area contributed by atoms with Crippen LogP contribution in [0, 0.1) is 35.5 Å². The highest BCUT2D eigenvalue weighted by Crippen LogP contribution is 2.53. The van der Waals surface area contributed by atoms with E-state index in [0.717, 1.165) is 51.4 Å². The molecule has 4 bridgehead atoms. The van der Waals surface area contributed by atoms with E-state index in [0.29, 0.717) is 124 Å². The van der Waals surface area contributed by atoms with E-state index < -0.39 is 65.8 Å². The van der Waals surface area contributed by atoms with Gasteiger partial charge in [-0.05, 0) is 209 Å². The van der Waals surface area contributed by atoms with Crippen molar-refractivity contribution < 1.29 is 65.2 Å². The number of hydrogen-bond donors (Lipinski definition) is 4. The Morgan fingerprint density at radius 2 is 0.959 bits per heavy atom. The summed E-state index contributed by atoms with van der Waals surface area (Å²) in [5, 5.41) is 24.8. The summed E-state index contributed by atoms with van der Waals surface area (Å²) in [6.45, 7) is 11.4. The average molecular weight is 1420 g/mol. The number of morpholine rings is 2. The van der Waals surface area contributed by atoms with Crippen LogP contribution in [0.2, 0.25) is 10.0 Å². The first-order valence-corrected chi connectivity index (χ1v) is 38.7. The highest BCUT2D eigenvalue weighted by Gasteiger charge is 2.57. The first-order chi connectivity index (χ1) is 46.6. The number of sulfonamides is 2. The predicted molar refractivity (Wildman–Crippen MR) is 375 cm³/mol. The van der Waals surface area contributed by atoms with Gasteiger partial charge in [-0.3, -0.25) is 19.2 Å². The van der Waals surface area contributed by atoms with Gasteiger partial charge in [0.2, 0.25) is 20.0 Å². The molecule has 2 saturated carbocycles. The molecule has 4 aliphatic carbocycles. The molecule has 4 aromatic carbocycles. The molecular formula is C74H92Cl2N6O14S2. The molecule has 24 heteroatoms. The summed E-state index contributed by atoms with van der Waals surface area (Å²) in [6, 6.07) is 22.4. The van der Waals surface area contributed by atoms with Crippen molar-refractivity contribution in [3.05, 3.63) is 141 Å². The Morgan fingerprint density at radius 3 is 1.35 bits per heavy atom. The number of aliphatic hydroxyl groups is 2. The molecule has 10 aliphatic rings. The number of rotatable bonds is 2. The van der Waals surface area contributed by atoms with E-state index in [1.165, 1.54) is 22.3 Å². The van der Waals surface area contributed by atoms with E-state index in [1.807, 2.05) is 24.3 Å². The molecular weight excluding hydrogens is 1330 g/mol. The minimum absolute atomic E-state index is 0.00308. The molecule has 6 aliphatic heterocycles. The maximum absolute atomic E-state index is 13.5. The molecule has 4 fully saturated rings. The second-order valence-corrected chi connectivity index (χ2v) is 34.8. The van der Waals surface area contributed by atoms with Gasteiger partial charge >= 0.3 is 0 Å². The third-order valence-corrected chi connectivity index (χ3v) is 28.1. The van der Waals surface area contributed by atoms with E-state index >= 15 is 0 Å². The number of halogens is 2.